The molecule has 0 spiro atoms. The molecule has 0 radical (unpaired) electrons. The summed E-state index contributed by atoms with van der Waals surface area (Å²) in [5, 5.41) is 0. The zero-order valence-electron chi connectivity index (χ0n) is 10.1. The summed E-state index contributed by atoms with van der Waals surface area (Å²) < 4.78 is 0. The van der Waals surface area contributed by atoms with Crippen LogP contribution in [0.3, 0.4) is 0 Å². The molecule has 0 atom stereocenters. The fourth-order valence-electron chi connectivity index (χ4n) is 1.54. The van der Waals surface area contributed by atoms with Gasteiger partial charge in [0.15, 0.2) is 5.82 Å². The first-order chi connectivity index (χ1) is 8.00. The van der Waals surface area contributed by atoms with Gasteiger partial charge in [-0.2, -0.15) is 0 Å². The molecule has 1 aromatic heterocycles. The van der Waals surface area contributed by atoms with Crippen molar-refractivity contribution in [2.75, 3.05) is 18.0 Å². The first-order valence-corrected chi connectivity index (χ1v) is 5.98. The molecule has 1 rings (SSSR count). The monoisotopic (exact) mass is 254 g/mol. The van der Waals surface area contributed by atoms with E-state index >= 15 is 0 Å². The average molecular weight is 254 g/mol. The van der Waals surface area contributed by atoms with Gasteiger partial charge in [-0.25, -0.2) is 4.98 Å². The van der Waals surface area contributed by atoms with Crippen LogP contribution in [0.4, 0.5) is 5.82 Å². The molecule has 6 heteroatoms. The van der Waals surface area contributed by atoms with Gasteiger partial charge in [-0.05, 0) is 5.92 Å². The smallest absolute Gasteiger partial charge is 0.290 e. The van der Waals surface area contributed by atoms with E-state index in [0.717, 1.165) is 6.54 Å². The van der Waals surface area contributed by atoms with Crippen LogP contribution < -0.4 is 16.2 Å². The van der Waals surface area contributed by atoms with E-state index in [9.17, 15) is 4.79 Å². The molecule has 0 amide bonds. The Kier molecular flexibility index (Phi) is 5.09. The Hall–Kier alpha value is -1.43. The Morgan fingerprint density at radius 3 is 2.88 bits per heavy atom. The Balaban J connectivity index is 2.86. The molecular formula is C11H18N4OS. The lowest BCUT2D eigenvalue weighted by molar-refractivity contribution is 0.607. The molecule has 0 aliphatic heterocycles. The van der Waals surface area contributed by atoms with Crippen molar-refractivity contribution in [3.05, 3.63) is 22.7 Å². The van der Waals surface area contributed by atoms with Crippen molar-refractivity contribution in [1.82, 2.24) is 9.97 Å². The van der Waals surface area contributed by atoms with Crippen molar-refractivity contribution in [2.24, 2.45) is 11.7 Å². The maximum Gasteiger partial charge on any atom is 0.290 e. The summed E-state index contributed by atoms with van der Waals surface area (Å²) in [6, 6.07) is 0. The second-order valence-corrected chi connectivity index (χ2v) is 4.82. The van der Waals surface area contributed by atoms with Gasteiger partial charge >= 0.3 is 0 Å². The zero-order valence-corrected chi connectivity index (χ0v) is 11.0. The minimum Gasteiger partial charge on any atom is -0.393 e. The Morgan fingerprint density at radius 1 is 1.65 bits per heavy atom. The molecule has 0 aliphatic carbocycles. The summed E-state index contributed by atoms with van der Waals surface area (Å²) >= 11 is 4.86. The molecule has 0 bridgehead atoms. The largest absolute Gasteiger partial charge is 0.393 e. The Labute approximate surface area is 106 Å². The van der Waals surface area contributed by atoms with Crippen LogP contribution in [-0.2, 0) is 0 Å². The van der Waals surface area contributed by atoms with Gasteiger partial charge in [-0.1, -0.05) is 26.1 Å². The Bertz CT molecular complexity index is 429. The van der Waals surface area contributed by atoms with Crippen LogP contribution in [0.1, 0.15) is 20.3 Å². The van der Waals surface area contributed by atoms with Crippen molar-refractivity contribution >= 4 is 23.0 Å². The molecule has 5 nitrogen and oxygen atoms in total. The molecule has 0 unspecified atom stereocenters. The van der Waals surface area contributed by atoms with E-state index in [2.05, 4.69) is 23.8 Å². The number of aromatic amines is 1. The maximum atomic E-state index is 11.7. The SMILES string of the molecule is CC(C)CN(CCC(N)=S)c1ncc[nH]c1=O. The van der Waals surface area contributed by atoms with Crippen LogP contribution >= 0.6 is 12.2 Å². The van der Waals surface area contributed by atoms with Crippen molar-refractivity contribution < 1.29 is 0 Å². The number of aromatic nitrogens is 2. The summed E-state index contributed by atoms with van der Waals surface area (Å²) in [6.07, 6.45) is 3.68. The van der Waals surface area contributed by atoms with Crippen molar-refractivity contribution in [1.29, 1.82) is 0 Å². The number of H-pyrrole nitrogens is 1. The maximum absolute atomic E-state index is 11.7. The number of hydrogen-bond acceptors (Lipinski definition) is 4. The molecule has 0 saturated carbocycles. The van der Waals surface area contributed by atoms with E-state index < -0.39 is 0 Å². The fourth-order valence-corrected chi connectivity index (χ4v) is 1.63. The van der Waals surface area contributed by atoms with E-state index in [1.54, 1.807) is 6.20 Å². The summed E-state index contributed by atoms with van der Waals surface area (Å²) in [6.45, 7) is 5.55. The predicted molar refractivity (Wildman–Crippen MR) is 73.3 cm³/mol. The number of anilines is 1. The van der Waals surface area contributed by atoms with Crippen LogP contribution in [0.5, 0.6) is 0 Å². The molecule has 0 aliphatic rings. The summed E-state index contributed by atoms with van der Waals surface area (Å²) in [5.74, 6) is 0.861. The normalized spacial score (nSPS) is 10.5. The van der Waals surface area contributed by atoms with Crippen LogP contribution in [0.25, 0.3) is 0 Å². The second-order valence-electron chi connectivity index (χ2n) is 4.30. The number of nitrogens with two attached hydrogens (primary N) is 1. The topological polar surface area (TPSA) is 75.0 Å². The molecule has 0 fully saturated rings. The van der Waals surface area contributed by atoms with Crippen LogP contribution in [0.15, 0.2) is 17.2 Å². The zero-order chi connectivity index (χ0) is 12.8. The average Bonchev–Trinajstić information content (AvgIpc) is 2.24. The lowest BCUT2D eigenvalue weighted by Gasteiger charge is -2.24. The van der Waals surface area contributed by atoms with Gasteiger partial charge in [0.25, 0.3) is 5.56 Å². The molecule has 1 aromatic rings. The molecular weight excluding hydrogens is 236 g/mol. The van der Waals surface area contributed by atoms with E-state index in [1.165, 1.54) is 6.20 Å². The molecule has 0 saturated heterocycles. The predicted octanol–water partition coefficient (Wildman–Crippen LogP) is 0.909. The van der Waals surface area contributed by atoms with Crippen molar-refractivity contribution in [2.45, 2.75) is 20.3 Å². The van der Waals surface area contributed by atoms with Gasteiger partial charge < -0.3 is 15.6 Å². The Morgan fingerprint density at radius 2 is 2.35 bits per heavy atom. The standard InChI is InChI=1S/C11H18N4OS/c1-8(2)7-15(6-3-9(12)17)10-11(16)14-5-4-13-10/h4-5,8H,3,6-7H2,1-2H3,(H2,12,17)(H,14,16). The van der Waals surface area contributed by atoms with Crippen molar-refractivity contribution in [3.8, 4) is 0 Å². The van der Waals surface area contributed by atoms with Gasteiger partial charge in [-0.15, -0.1) is 0 Å². The van der Waals surface area contributed by atoms with Gasteiger partial charge in [0.05, 0.1) is 4.99 Å². The minimum atomic E-state index is -0.184. The van der Waals surface area contributed by atoms with Crippen molar-refractivity contribution in [3.63, 3.8) is 0 Å². The van der Waals surface area contributed by atoms with Gasteiger partial charge in [0.1, 0.15) is 0 Å². The lowest BCUT2D eigenvalue weighted by atomic mass is 10.2. The minimum absolute atomic E-state index is 0.184. The number of hydrogen-bond donors (Lipinski definition) is 2. The highest BCUT2D eigenvalue weighted by molar-refractivity contribution is 7.80. The molecule has 0 aromatic carbocycles. The highest BCUT2D eigenvalue weighted by atomic mass is 32.1. The molecule has 3 N–H and O–H groups in total. The van der Waals surface area contributed by atoms with Gasteiger partial charge in [0, 0.05) is 31.9 Å². The van der Waals surface area contributed by atoms with Crippen LogP contribution in [0.2, 0.25) is 0 Å². The summed E-state index contributed by atoms with van der Waals surface area (Å²) in [7, 11) is 0. The number of nitrogens with one attached hydrogen (secondary N) is 1. The number of nitrogens with zero attached hydrogens (tertiary/aromatic N) is 2. The summed E-state index contributed by atoms with van der Waals surface area (Å²) in [5.41, 5.74) is 5.30. The first-order valence-electron chi connectivity index (χ1n) is 5.57. The van der Waals surface area contributed by atoms with E-state index in [0.29, 0.717) is 29.7 Å². The van der Waals surface area contributed by atoms with Gasteiger partial charge in [-0.3, -0.25) is 4.79 Å². The van der Waals surface area contributed by atoms with Crippen LogP contribution in [-0.4, -0.2) is 28.0 Å². The third-order valence-electron chi connectivity index (χ3n) is 2.20. The van der Waals surface area contributed by atoms with Gasteiger partial charge in [0.2, 0.25) is 0 Å². The molecule has 94 valence electrons. The summed E-state index contributed by atoms with van der Waals surface area (Å²) in [4.78, 5) is 20.8. The molecule has 1 heterocycles. The van der Waals surface area contributed by atoms with E-state index in [-0.39, 0.29) is 5.56 Å². The lowest BCUT2D eigenvalue weighted by Crippen LogP contribution is -2.35. The highest BCUT2D eigenvalue weighted by Crippen LogP contribution is 2.07. The third kappa shape index (κ3) is 4.52. The second kappa shape index (κ2) is 6.34. The quantitative estimate of drug-likeness (QED) is 0.738. The number of thiocarbonyl (C=S) groups is 1. The third-order valence-corrected chi connectivity index (χ3v) is 2.41. The first kappa shape index (κ1) is 13.6. The van der Waals surface area contributed by atoms with E-state index in [1.807, 2.05) is 4.90 Å². The van der Waals surface area contributed by atoms with Crippen LogP contribution in [0, 0.1) is 5.92 Å². The molecule has 17 heavy (non-hydrogen) atoms. The highest BCUT2D eigenvalue weighted by Gasteiger charge is 2.13. The number of rotatable bonds is 6. The fraction of sp³-hybridized carbons (Fsp3) is 0.545. The van der Waals surface area contributed by atoms with E-state index in [4.69, 9.17) is 18.0 Å².